The molecule has 0 amide bonds. The second kappa shape index (κ2) is 11.1. The predicted molar refractivity (Wildman–Crippen MR) is 101 cm³/mol. The molecule has 1 atom stereocenters. The predicted octanol–water partition coefficient (Wildman–Crippen LogP) is 2.76. The normalized spacial score (nSPS) is 16.0. The van der Waals surface area contributed by atoms with Gasteiger partial charge in [-0.2, -0.15) is 0 Å². The van der Waals surface area contributed by atoms with E-state index in [2.05, 4.69) is 33.4 Å². The van der Waals surface area contributed by atoms with Gasteiger partial charge in [0.25, 0.3) is 0 Å². The highest BCUT2D eigenvalue weighted by molar-refractivity contribution is 5.41. The van der Waals surface area contributed by atoms with Gasteiger partial charge >= 0.3 is 0 Å². The van der Waals surface area contributed by atoms with Crippen LogP contribution >= 0.6 is 0 Å². The van der Waals surface area contributed by atoms with Gasteiger partial charge in [0.2, 0.25) is 5.88 Å². The van der Waals surface area contributed by atoms with Gasteiger partial charge in [0.15, 0.2) is 0 Å². The van der Waals surface area contributed by atoms with Crippen molar-refractivity contribution < 1.29 is 9.47 Å². The molecule has 0 spiro atoms. The molecule has 1 unspecified atom stereocenters. The Morgan fingerprint density at radius 1 is 1.32 bits per heavy atom. The summed E-state index contributed by atoms with van der Waals surface area (Å²) in [5, 5.41) is 0. The van der Waals surface area contributed by atoms with Gasteiger partial charge in [-0.15, -0.1) is 6.58 Å². The standard InChI is InChI=1S/C19H32N4O2/c1-4-5-9-17(15-22(2)12-13-24-3)25-19-14-18(20-16-21-19)23-10-7-6-8-11-23/h4,14,16-17H,1,5-13,15H2,2-3H3. The highest BCUT2D eigenvalue weighted by Gasteiger charge is 2.16. The van der Waals surface area contributed by atoms with E-state index in [9.17, 15) is 0 Å². The van der Waals surface area contributed by atoms with Crippen molar-refractivity contribution in [1.82, 2.24) is 14.9 Å². The summed E-state index contributed by atoms with van der Waals surface area (Å²) in [5.41, 5.74) is 0. The summed E-state index contributed by atoms with van der Waals surface area (Å²) < 4.78 is 11.3. The highest BCUT2D eigenvalue weighted by Crippen LogP contribution is 2.21. The maximum absolute atomic E-state index is 6.19. The molecule has 2 rings (SSSR count). The first kappa shape index (κ1) is 19.7. The Morgan fingerprint density at radius 2 is 2.12 bits per heavy atom. The van der Waals surface area contributed by atoms with Crippen molar-refractivity contribution in [2.75, 3.05) is 51.8 Å². The number of ether oxygens (including phenoxy) is 2. The Hall–Kier alpha value is -1.66. The zero-order chi connectivity index (χ0) is 17.9. The number of rotatable bonds is 11. The third-order valence-corrected chi connectivity index (χ3v) is 4.48. The zero-order valence-corrected chi connectivity index (χ0v) is 15.7. The van der Waals surface area contributed by atoms with Crippen LogP contribution in [0.15, 0.2) is 25.0 Å². The van der Waals surface area contributed by atoms with Gasteiger partial charge in [0, 0.05) is 39.4 Å². The first-order valence-electron chi connectivity index (χ1n) is 9.25. The van der Waals surface area contributed by atoms with Crippen LogP contribution in [0.3, 0.4) is 0 Å². The maximum atomic E-state index is 6.19. The highest BCUT2D eigenvalue weighted by atomic mass is 16.5. The molecule has 1 fully saturated rings. The van der Waals surface area contributed by atoms with Crippen LogP contribution in [-0.2, 0) is 4.74 Å². The second-order valence-corrected chi connectivity index (χ2v) is 6.62. The number of likely N-dealkylation sites (N-methyl/N-ethyl adjacent to an activating group) is 1. The number of hydrogen-bond acceptors (Lipinski definition) is 6. The molecule has 0 bridgehead atoms. The summed E-state index contributed by atoms with van der Waals surface area (Å²) in [6, 6.07) is 1.97. The molecular weight excluding hydrogens is 316 g/mol. The number of nitrogens with zero attached hydrogens (tertiary/aromatic N) is 4. The van der Waals surface area contributed by atoms with Crippen LogP contribution in [0.2, 0.25) is 0 Å². The number of piperidine rings is 1. The van der Waals surface area contributed by atoms with E-state index in [1.807, 2.05) is 12.1 Å². The Morgan fingerprint density at radius 3 is 2.84 bits per heavy atom. The van der Waals surface area contributed by atoms with Gasteiger partial charge in [-0.3, -0.25) is 0 Å². The number of aromatic nitrogens is 2. The molecule has 0 aliphatic carbocycles. The van der Waals surface area contributed by atoms with Crippen LogP contribution in [0.4, 0.5) is 5.82 Å². The molecule has 0 aromatic carbocycles. The lowest BCUT2D eigenvalue weighted by Gasteiger charge is -2.28. The third-order valence-electron chi connectivity index (χ3n) is 4.48. The minimum Gasteiger partial charge on any atom is -0.473 e. The van der Waals surface area contributed by atoms with Gasteiger partial charge in [0.05, 0.1) is 6.61 Å². The van der Waals surface area contributed by atoms with E-state index in [1.54, 1.807) is 13.4 Å². The fraction of sp³-hybridized carbons (Fsp3) is 0.684. The Kier molecular flexibility index (Phi) is 8.69. The quantitative estimate of drug-likeness (QED) is 0.573. The number of hydrogen-bond donors (Lipinski definition) is 0. The summed E-state index contributed by atoms with van der Waals surface area (Å²) in [6.45, 7) is 8.39. The minimum absolute atomic E-state index is 0.0731. The van der Waals surface area contributed by atoms with Crippen molar-refractivity contribution in [2.45, 2.75) is 38.2 Å². The number of allylic oxidation sites excluding steroid dienone is 1. The smallest absolute Gasteiger partial charge is 0.218 e. The van der Waals surface area contributed by atoms with Gasteiger partial charge in [-0.05, 0) is 39.2 Å². The van der Waals surface area contributed by atoms with Gasteiger partial charge in [0.1, 0.15) is 18.2 Å². The molecule has 0 radical (unpaired) electrons. The number of anilines is 1. The molecule has 0 saturated carbocycles. The largest absolute Gasteiger partial charge is 0.473 e. The van der Waals surface area contributed by atoms with Crippen LogP contribution in [0.5, 0.6) is 5.88 Å². The summed E-state index contributed by atoms with van der Waals surface area (Å²) >= 11 is 0. The Bertz CT molecular complexity index is 506. The van der Waals surface area contributed by atoms with Crippen LogP contribution in [0, 0.1) is 0 Å². The zero-order valence-electron chi connectivity index (χ0n) is 15.7. The first-order valence-corrected chi connectivity index (χ1v) is 9.25. The minimum atomic E-state index is 0.0731. The van der Waals surface area contributed by atoms with E-state index >= 15 is 0 Å². The average Bonchev–Trinajstić information content (AvgIpc) is 2.65. The van der Waals surface area contributed by atoms with Crippen molar-refractivity contribution in [2.24, 2.45) is 0 Å². The van der Waals surface area contributed by atoms with Gasteiger partial charge in [-0.1, -0.05) is 6.08 Å². The van der Waals surface area contributed by atoms with E-state index in [1.165, 1.54) is 19.3 Å². The molecule has 1 saturated heterocycles. The molecule has 6 heteroatoms. The van der Waals surface area contributed by atoms with E-state index in [0.29, 0.717) is 5.88 Å². The van der Waals surface area contributed by atoms with Crippen LogP contribution < -0.4 is 9.64 Å². The topological polar surface area (TPSA) is 50.7 Å². The van der Waals surface area contributed by atoms with E-state index in [0.717, 1.165) is 51.4 Å². The number of methoxy groups -OCH3 is 1. The molecule has 6 nitrogen and oxygen atoms in total. The van der Waals surface area contributed by atoms with Crippen molar-refractivity contribution in [3.05, 3.63) is 25.0 Å². The lowest BCUT2D eigenvalue weighted by atomic mass is 10.1. The lowest BCUT2D eigenvalue weighted by molar-refractivity contribution is 0.110. The first-order chi connectivity index (χ1) is 12.2. The lowest BCUT2D eigenvalue weighted by Crippen LogP contribution is -2.35. The molecule has 1 aromatic rings. The molecular formula is C19H32N4O2. The van der Waals surface area contributed by atoms with E-state index in [-0.39, 0.29) is 6.10 Å². The average molecular weight is 348 g/mol. The molecule has 140 valence electrons. The van der Waals surface area contributed by atoms with Gasteiger partial charge < -0.3 is 19.3 Å². The second-order valence-electron chi connectivity index (χ2n) is 6.62. The SMILES string of the molecule is C=CCCC(CN(C)CCOC)Oc1cc(N2CCCCC2)ncn1. The monoisotopic (exact) mass is 348 g/mol. The molecule has 1 aliphatic heterocycles. The van der Waals surface area contributed by atoms with Gasteiger partial charge in [-0.25, -0.2) is 9.97 Å². The molecule has 25 heavy (non-hydrogen) atoms. The Labute approximate surface area is 151 Å². The van der Waals surface area contributed by atoms with Crippen molar-refractivity contribution >= 4 is 5.82 Å². The van der Waals surface area contributed by atoms with E-state index < -0.39 is 0 Å². The van der Waals surface area contributed by atoms with Crippen molar-refractivity contribution in [3.63, 3.8) is 0 Å². The van der Waals surface area contributed by atoms with Crippen molar-refractivity contribution in [1.29, 1.82) is 0 Å². The fourth-order valence-corrected chi connectivity index (χ4v) is 3.04. The summed E-state index contributed by atoms with van der Waals surface area (Å²) in [4.78, 5) is 13.3. The Balaban J connectivity index is 1.97. The fourth-order valence-electron chi connectivity index (χ4n) is 3.04. The van der Waals surface area contributed by atoms with E-state index in [4.69, 9.17) is 9.47 Å². The van der Waals surface area contributed by atoms with Crippen LogP contribution in [0.1, 0.15) is 32.1 Å². The third kappa shape index (κ3) is 7.00. The molecule has 2 heterocycles. The van der Waals surface area contributed by atoms with Crippen molar-refractivity contribution in [3.8, 4) is 5.88 Å². The summed E-state index contributed by atoms with van der Waals surface area (Å²) in [6.07, 6.45) is 9.23. The molecule has 0 N–H and O–H groups in total. The molecule has 1 aliphatic rings. The maximum Gasteiger partial charge on any atom is 0.218 e. The van der Waals surface area contributed by atoms with Crippen LogP contribution in [0.25, 0.3) is 0 Å². The summed E-state index contributed by atoms with van der Waals surface area (Å²) in [7, 11) is 3.81. The van der Waals surface area contributed by atoms with Crippen LogP contribution in [-0.4, -0.2) is 67.9 Å². The molecule has 1 aromatic heterocycles. The summed E-state index contributed by atoms with van der Waals surface area (Å²) in [5.74, 6) is 1.63.